The van der Waals surface area contributed by atoms with Gasteiger partial charge in [0, 0.05) is 5.56 Å². The third-order valence-electron chi connectivity index (χ3n) is 3.38. The third kappa shape index (κ3) is 2.49. The van der Waals surface area contributed by atoms with E-state index >= 15 is 0 Å². The molecule has 7 heteroatoms. The Balaban J connectivity index is 1.83. The molecule has 0 saturated carbocycles. The summed E-state index contributed by atoms with van der Waals surface area (Å²) in [5.41, 5.74) is -0.259. The number of nitrogens with zero attached hydrogens (tertiary/aromatic N) is 3. The predicted octanol–water partition coefficient (Wildman–Crippen LogP) is 1.41. The molecule has 0 bridgehead atoms. The SMILES string of the molecule is CC(C)(C)n1ncn(CC(=O)c2ccc3c(c2)OCO3)c1=O. The highest BCUT2D eigenvalue weighted by atomic mass is 16.7. The fourth-order valence-corrected chi connectivity index (χ4v) is 2.22. The second-order valence-electron chi connectivity index (χ2n) is 6.12. The van der Waals surface area contributed by atoms with Crippen molar-refractivity contribution in [2.45, 2.75) is 32.9 Å². The van der Waals surface area contributed by atoms with Crippen molar-refractivity contribution in [2.24, 2.45) is 0 Å². The van der Waals surface area contributed by atoms with Crippen LogP contribution in [-0.4, -0.2) is 26.9 Å². The summed E-state index contributed by atoms with van der Waals surface area (Å²) in [6.07, 6.45) is 1.39. The molecule has 0 fully saturated rings. The summed E-state index contributed by atoms with van der Waals surface area (Å²) in [6, 6.07) is 4.98. The zero-order chi connectivity index (χ0) is 15.9. The van der Waals surface area contributed by atoms with E-state index in [-0.39, 0.29) is 24.8 Å². The van der Waals surface area contributed by atoms with Crippen molar-refractivity contribution in [2.75, 3.05) is 6.79 Å². The van der Waals surface area contributed by atoms with E-state index in [1.54, 1.807) is 18.2 Å². The van der Waals surface area contributed by atoms with Gasteiger partial charge >= 0.3 is 5.69 Å². The summed E-state index contributed by atoms with van der Waals surface area (Å²) < 4.78 is 13.1. The average molecular weight is 303 g/mol. The molecule has 0 aliphatic carbocycles. The minimum atomic E-state index is -0.426. The second kappa shape index (κ2) is 5.01. The van der Waals surface area contributed by atoms with Crippen molar-refractivity contribution in [1.82, 2.24) is 14.3 Å². The summed E-state index contributed by atoms with van der Waals surface area (Å²) in [6.45, 7) is 5.74. The van der Waals surface area contributed by atoms with Gasteiger partial charge < -0.3 is 9.47 Å². The fourth-order valence-electron chi connectivity index (χ4n) is 2.22. The maximum atomic E-state index is 12.3. The lowest BCUT2D eigenvalue weighted by Gasteiger charge is -2.16. The molecule has 116 valence electrons. The second-order valence-corrected chi connectivity index (χ2v) is 6.12. The average Bonchev–Trinajstić information content (AvgIpc) is 3.04. The van der Waals surface area contributed by atoms with E-state index in [2.05, 4.69) is 5.10 Å². The summed E-state index contributed by atoms with van der Waals surface area (Å²) >= 11 is 0. The summed E-state index contributed by atoms with van der Waals surface area (Å²) in [5, 5.41) is 4.06. The number of carbonyl (C=O) groups is 1. The quantitative estimate of drug-likeness (QED) is 0.801. The molecule has 7 nitrogen and oxygen atoms in total. The van der Waals surface area contributed by atoms with Crippen LogP contribution < -0.4 is 15.2 Å². The maximum Gasteiger partial charge on any atom is 0.346 e. The number of ketones is 1. The Morgan fingerprint density at radius 3 is 2.68 bits per heavy atom. The van der Waals surface area contributed by atoms with Crippen LogP contribution in [0.3, 0.4) is 0 Å². The first-order chi connectivity index (χ1) is 10.4. The highest BCUT2D eigenvalue weighted by Crippen LogP contribution is 2.32. The third-order valence-corrected chi connectivity index (χ3v) is 3.38. The number of Topliss-reactive ketones (excluding diaryl/α,β-unsaturated/α-hetero) is 1. The first-order valence-electron chi connectivity index (χ1n) is 6.94. The molecule has 0 unspecified atom stereocenters. The molecule has 0 saturated heterocycles. The minimum absolute atomic E-state index is 0.0610. The Morgan fingerprint density at radius 2 is 2.00 bits per heavy atom. The first kappa shape index (κ1) is 14.4. The molecule has 2 aromatic rings. The fraction of sp³-hybridized carbons (Fsp3) is 0.400. The number of rotatable bonds is 3. The highest BCUT2D eigenvalue weighted by molar-refractivity contribution is 5.96. The van der Waals surface area contributed by atoms with Crippen LogP contribution in [0.15, 0.2) is 29.3 Å². The van der Waals surface area contributed by atoms with Crippen LogP contribution in [0, 0.1) is 0 Å². The van der Waals surface area contributed by atoms with Crippen molar-refractivity contribution in [3.05, 3.63) is 40.6 Å². The lowest BCUT2D eigenvalue weighted by atomic mass is 10.1. The van der Waals surface area contributed by atoms with Crippen molar-refractivity contribution < 1.29 is 14.3 Å². The van der Waals surface area contributed by atoms with Crippen LogP contribution in [0.4, 0.5) is 0 Å². The van der Waals surface area contributed by atoms with Gasteiger partial charge in [0.15, 0.2) is 17.3 Å². The van der Waals surface area contributed by atoms with E-state index in [0.29, 0.717) is 17.1 Å². The maximum absolute atomic E-state index is 12.3. The number of benzene rings is 1. The predicted molar refractivity (Wildman–Crippen MR) is 78.4 cm³/mol. The standard InChI is InChI=1S/C15H17N3O4/c1-15(2,3)18-14(20)17(8-16-18)7-11(19)10-4-5-12-13(6-10)22-9-21-12/h4-6,8H,7,9H2,1-3H3. The Morgan fingerprint density at radius 1 is 1.27 bits per heavy atom. The van der Waals surface area contributed by atoms with Crippen molar-refractivity contribution in [1.29, 1.82) is 0 Å². The molecular weight excluding hydrogens is 286 g/mol. The van der Waals surface area contributed by atoms with Gasteiger partial charge in [-0.05, 0) is 39.0 Å². The van der Waals surface area contributed by atoms with Crippen LogP contribution in [0.5, 0.6) is 11.5 Å². The van der Waals surface area contributed by atoms with Gasteiger partial charge in [0.1, 0.15) is 6.33 Å². The number of hydrogen-bond acceptors (Lipinski definition) is 5. The smallest absolute Gasteiger partial charge is 0.346 e. The molecule has 0 amide bonds. The Labute approximate surface area is 127 Å². The van der Waals surface area contributed by atoms with Crippen LogP contribution >= 0.6 is 0 Å². The van der Waals surface area contributed by atoms with E-state index in [9.17, 15) is 9.59 Å². The van der Waals surface area contributed by atoms with E-state index in [4.69, 9.17) is 9.47 Å². The lowest BCUT2D eigenvalue weighted by molar-refractivity contribution is 0.0969. The van der Waals surface area contributed by atoms with Gasteiger partial charge in [-0.1, -0.05) is 0 Å². The van der Waals surface area contributed by atoms with Crippen molar-refractivity contribution in [3.63, 3.8) is 0 Å². The van der Waals surface area contributed by atoms with Gasteiger partial charge in [-0.15, -0.1) is 0 Å². The minimum Gasteiger partial charge on any atom is -0.454 e. The van der Waals surface area contributed by atoms with Gasteiger partial charge in [-0.3, -0.25) is 9.36 Å². The molecule has 0 spiro atoms. The lowest BCUT2D eigenvalue weighted by Crippen LogP contribution is -2.36. The van der Waals surface area contributed by atoms with Crippen LogP contribution in [0.2, 0.25) is 0 Å². The zero-order valence-electron chi connectivity index (χ0n) is 12.7. The Bertz CT molecular complexity index is 783. The van der Waals surface area contributed by atoms with E-state index in [1.807, 2.05) is 20.8 Å². The molecule has 1 aliphatic heterocycles. The van der Waals surface area contributed by atoms with Crippen molar-refractivity contribution >= 4 is 5.78 Å². The van der Waals surface area contributed by atoms with Crippen LogP contribution in [0.25, 0.3) is 0 Å². The monoisotopic (exact) mass is 303 g/mol. The number of hydrogen-bond donors (Lipinski definition) is 0. The van der Waals surface area contributed by atoms with Crippen LogP contribution in [-0.2, 0) is 12.1 Å². The largest absolute Gasteiger partial charge is 0.454 e. The Hall–Kier alpha value is -2.57. The molecule has 0 radical (unpaired) electrons. The summed E-state index contributed by atoms with van der Waals surface area (Å²) in [4.78, 5) is 24.6. The number of fused-ring (bicyclic) bond motifs is 1. The molecular formula is C15H17N3O4. The van der Waals surface area contributed by atoms with E-state index in [0.717, 1.165) is 0 Å². The van der Waals surface area contributed by atoms with Gasteiger partial charge in [-0.2, -0.15) is 5.10 Å². The topological polar surface area (TPSA) is 75.3 Å². The molecule has 0 N–H and O–H groups in total. The van der Waals surface area contributed by atoms with E-state index < -0.39 is 5.54 Å². The molecule has 3 rings (SSSR count). The molecule has 22 heavy (non-hydrogen) atoms. The van der Waals surface area contributed by atoms with E-state index in [1.165, 1.54) is 15.6 Å². The molecule has 2 heterocycles. The molecule has 1 aromatic heterocycles. The summed E-state index contributed by atoms with van der Waals surface area (Å²) in [7, 11) is 0. The normalized spacial score (nSPS) is 13.4. The van der Waals surface area contributed by atoms with Gasteiger partial charge in [-0.25, -0.2) is 9.48 Å². The number of carbonyl (C=O) groups excluding carboxylic acids is 1. The molecule has 0 atom stereocenters. The molecule has 1 aromatic carbocycles. The van der Waals surface area contributed by atoms with Gasteiger partial charge in [0.2, 0.25) is 6.79 Å². The van der Waals surface area contributed by atoms with Gasteiger partial charge in [0.05, 0.1) is 12.1 Å². The zero-order valence-corrected chi connectivity index (χ0v) is 12.7. The first-order valence-corrected chi connectivity index (χ1v) is 6.94. The number of aromatic nitrogens is 3. The van der Waals surface area contributed by atoms with Crippen molar-refractivity contribution in [3.8, 4) is 11.5 Å². The Kier molecular flexibility index (Phi) is 3.27. The number of ether oxygens (including phenoxy) is 2. The highest BCUT2D eigenvalue weighted by Gasteiger charge is 2.21. The molecule has 1 aliphatic rings. The summed E-state index contributed by atoms with van der Waals surface area (Å²) in [5.74, 6) is 0.978. The van der Waals surface area contributed by atoms with Crippen LogP contribution in [0.1, 0.15) is 31.1 Å². The van der Waals surface area contributed by atoms with Gasteiger partial charge in [0.25, 0.3) is 0 Å².